The summed E-state index contributed by atoms with van der Waals surface area (Å²) in [6.45, 7) is 4.42. The number of hydrogen-bond donors (Lipinski definition) is 1. The Morgan fingerprint density at radius 2 is 1.82 bits per heavy atom. The molecule has 3 heterocycles. The highest BCUT2D eigenvalue weighted by molar-refractivity contribution is 7.20. The Hall–Kier alpha value is -3.18. The van der Waals surface area contributed by atoms with Crippen molar-refractivity contribution in [3.8, 4) is 0 Å². The number of anilines is 2. The van der Waals surface area contributed by atoms with Crippen molar-refractivity contribution in [2.24, 2.45) is 0 Å². The van der Waals surface area contributed by atoms with Gasteiger partial charge in [-0.2, -0.15) is 13.2 Å². The second-order valence-electron chi connectivity index (χ2n) is 7.96. The zero-order valence-corrected chi connectivity index (χ0v) is 19.4. The molecule has 2 amide bonds. The molecule has 0 saturated carbocycles. The molecule has 1 aliphatic heterocycles. The SMILES string of the molecule is Cc1c(C(=O)N(C)CC(=O)Nc2ccc(N3CCOCC3)cc2)sc2nc(C(F)(F)F)ccc12. The van der Waals surface area contributed by atoms with Gasteiger partial charge in [-0.05, 0) is 48.9 Å². The Labute approximate surface area is 198 Å². The molecule has 180 valence electrons. The van der Waals surface area contributed by atoms with Crippen LogP contribution in [0.15, 0.2) is 36.4 Å². The van der Waals surface area contributed by atoms with Gasteiger partial charge in [0.1, 0.15) is 10.5 Å². The van der Waals surface area contributed by atoms with Crippen molar-refractivity contribution in [1.82, 2.24) is 9.88 Å². The van der Waals surface area contributed by atoms with Crippen LogP contribution in [0.5, 0.6) is 0 Å². The Morgan fingerprint density at radius 1 is 1.15 bits per heavy atom. The number of hydrogen-bond acceptors (Lipinski definition) is 6. The van der Waals surface area contributed by atoms with Gasteiger partial charge in [-0.25, -0.2) is 4.98 Å². The molecule has 0 spiro atoms. The normalized spacial score (nSPS) is 14.3. The summed E-state index contributed by atoms with van der Waals surface area (Å²) in [5, 5.41) is 3.25. The molecule has 0 atom stereocenters. The summed E-state index contributed by atoms with van der Waals surface area (Å²) in [6, 6.07) is 9.64. The number of aryl methyl sites for hydroxylation is 1. The van der Waals surface area contributed by atoms with Gasteiger partial charge in [0.05, 0.1) is 24.6 Å². The predicted octanol–water partition coefficient (Wildman–Crippen LogP) is 4.17. The summed E-state index contributed by atoms with van der Waals surface area (Å²) < 4.78 is 44.2. The number of pyridine rings is 1. The second kappa shape index (κ2) is 9.59. The first-order valence-corrected chi connectivity index (χ1v) is 11.4. The van der Waals surface area contributed by atoms with E-state index in [0.717, 1.165) is 36.2 Å². The van der Waals surface area contributed by atoms with Crippen LogP contribution in [0.2, 0.25) is 0 Å². The summed E-state index contributed by atoms with van der Waals surface area (Å²) in [5.74, 6) is -0.835. The second-order valence-corrected chi connectivity index (χ2v) is 8.96. The molecule has 0 unspecified atom stereocenters. The number of carbonyl (C=O) groups excluding carboxylic acids is 2. The molecule has 3 aromatic rings. The van der Waals surface area contributed by atoms with Crippen molar-refractivity contribution >= 4 is 44.7 Å². The number of benzene rings is 1. The first-order valence-electron chi connectivity index (χ1n) is 10.6. The lowest BCUT2D eigenvalue weighted by molar-refractivity contribution is -0.140. The lowest BCUT2D eigenvalue weighted by Crippen LogP contribution is -2.36. The number of amides is 2. The van der Waals surface area contributed by atoms with Crippen LogP contribution in [-0.4, -0.2) is 61.6 Å². The van der Waals surface area contributed by atoms with Gasteiger partial charge in [0.2, 0.25) is 5.91 Å². The van der Waals surface area contributed by atoms with Crippen molar-refractivity contribution in [1.29, 1.82) is 0 Å². The fourth-order valence-corrected chi connectivity index (χ4v) is 4.87. The molecule has 11 heteroatoms. The zero-order valence-electron chi connectivity index (χ0n) is 18.6. The van der Waals surface area contributed by atoms with Crippen molar-refractivity contribution in [2.75, 3.05) is 50.1 Å². The molecule has 1 aliphatic rings. The Balaban J connectivity index is 1.40. The average molecular weight is 493 g/mol. The van der Waals surface area contributed by atoms with Crippen molar-refractivity contribution in [3.05, 3.63) is 52.5 Å². The maximum atomic E-state index is 13.0. The number of aromatic nitrogens is 1. The quantitative estimate of drug-likeness (QED) is 0.579. The molecule has 34 heavy (non-hydrogen) atoms. The molecule has 0 bridgehead atoms. The summed E-state index contributed by atoms with van der Waals surface area (Å²) in [7, 11) is 1.47. The van der Waals surface area contributed by atoms with Crippen LogP contribution in [0.25, 0.3) is 10.2 Å². The summed E-state index contributed by atoms with van der Waals surface area (Å²) in [5.41, 5.74) is 1.17. The molecule has 2 aromatic heterocycles. The zero-order chi connectivity index (χ0) is 24.5. The monoisotopic (exact) mass is 492 g/mol. The molecule has 4 rings (SSSR count). The first-order chi connectivity index (χ1) is 16.1. The standard InChI is InChI=1S/C23H23F3N4O3S/c1-14-17-7-8-18(23(24,25)26)28-21(17)34-20(14)22(32)29(2)13-19(31)27-15-3-5-16(6-4-15)30-9-11-33-12-10-30/h3-8H,9-13H2,1-2H3,(H,27,31). The van der Waals surface area contributed by atoms with Gasteiger partial charge in [-0.15, -0.1) is 11.3 Å². The van der Waals surface area contributed by atoms with E-state index in [1.54, 1.807) is 19.1 Å². The van der Waals surface area contributed by atoms with Crippen LogP contribution in [0.1, 0.15) is 20.9 Å². The third kappa shape index (κ3) is 5.15. The number of nitrogens with one attached hydrogen (secondary N) is 1. The van der Waals surface area contributed by atoms with Gasteiger partial charge in [-0.3, -0.25) is 9.59 Å². The highest BCUT2D eigenvalue weighted by Crippen LogP contribution is 2.34. The summed E-state index contributed by atoms with van der Waals surface area (Å²) in [6.07, 6.45) is -4.56. The number of thiophene rings is 1. The molecular formula is C23H23F3N4O3S. The number of halogens is 3. The number of nitrogens with zero attached hydrogens (tertiary/aromatic N) is 3. The van der Waals surface area contributed by atoms with Gasteiger partial charge in [-0.1, -0.05) is 0 Å². The van der Waals surface area contributed by atoms with Gasteiger partial charge < -0.3 is 19.9 Å². The summed E-state index contributed by atoms with van der Waals surface area (Å²) in [4.78, 5) is 32.9. The van der Waals surface area contributed by atoms with E-state index in [1.165, 1.54) is 18.0 Å². The van der Waals surface area contributed by atoms with Crippen molar-refractivity contribution in [2.45, 2.75) is 13.1 Å². The van der Waals surface area contributed by atoms with Crippen LogP contribution in [0, 0.1) is 6.92 Å². The van der Waals surface area contributed by atoms with Crippen molar-refractivity contribution < 1.29 is 27.5 Å². The number of fused-ring (bicyclic) bond motifs is 1. The van der Waals surface area contributed by atoms with Crippen LogP contribution in [0.4, 0.5) is 24.5 Å². The van der Waals surface area contributed by atoms with Gasteiger partial charge in [0, 0.05) is 36.9 Å². The third-order valence-electron chi connectivity index (χ3n) is 5.54. The van der Waals surface area contributed by atoms with E-state index >= 15 is 0 Å². The minimum atomic E-state index is -4.56. The van der Waals surface area contributed by atoms with Crippen LogP contribution in [0.3, 0.4) is 0 Å². The van der Waals surface area contributed by atoms with E-state index in [9.17, 15) is 22.8 Å². The molecule has 0 radical (unpaired) electrons. The molecule has 7 nitrogen and oxygen atoms in total. The number of likely N-dealkylation sites (N-methyl/N-ethyl adjacent to an activating group) is 1. The van der Waals surface area contributed by atoms with Crippen molar-refractivity contribution in [3.63, 3.8) is 0 Å². The third-order valence-corrected chi connectivity index (χ3v) is 6.73. The van der Waals surface area contributed by atoms with Crippen LogP contribution >= 0.6 is 11.3 Å². The number of carbonyl (C=O) groups is 2. The molecule has 1 N–H and O–H groups in total. The van der Waals surface area contributed by atoms with E-state index < -0.39 is 17.8 Å². The number of rotatable bonds is 5. The Morgan fingerprint density at radius 3 is 2.47 bits per heavy atom. The average Bonchev–Trinajstić information content (AvgIpc) is 3.14. The Bertz CT molecular complexity index is 1200. The maximum absolute atomic E-state index is 13.0. The highest BCUT2D eigenvalue weighted by atomic mass is 32.1. The number of morpholine rings is 1. The van der Waals surface area contributed by atoms with E-state index in [-0.39, 0.29) is 22.2 Å². The highest BCUT2D eigenvalue weighted by Gasteiger charge is 2.33. The van der Waals surface area contributed by atoms with E-state index in [4.69, 9.17) is 4.74 Å². The molecule has 1 fully saturated rings. The molecule has 1 aromatic carbocycles. The fraction of sp³-hybridized carbons (Fsp3) is 0.348. The predicted molar refractivity (Wildman–Crippen MR) is 124 cm³/mol. The topological polar surface area (TPSA) is 74.8 Å². The molecule has 1 saturated heterocycles. The molecular weight excluding hydrogens is 469 g/mol. The largest absolute Gasteiger partial charge is 0.433 e. The lowest BCUT2D eigenvalue weighted by atomic mass is 10.1. The molecule has 0 aliphatic carbocycles. The van der Waals surface area contributed by atoms with Gasteiger partial charge >= 0.3 is 6.18 Å². The minimum absolute atomic E-state index is 0.133. The minimum Gasteiger partial charge on any atom is -0.378 e. The fourth-order valence-electron chi connectivity index (χ4n) is 3.70. The smallest absolute Gasteiger partial charge is 0.378 e. The van der Waals surface area contributed by atoms with Gasteiger partial charge in [0.15, 0.2) is 0 Å². The number of alkyl halides is 3. The van der Waals surface area contributed by atoms with E-state index in [0.29, 0.717) is 29.9 Å². The van der Waals surface area contributed by atoms with E-state index in [2.05, 4.69) is 15.2 Å². The first kappa shape index (κ1) is 24.0. The number of ether oxygens (including phenoxy) is 1. The summed E-state index contributed by atoms with van der Waals surface area (Å²) >= 11 is 0.889. The van der Waals surface area contributed by atoms with Crippen LogP contribution < -0.4 is 10.2 Å². The Kier molecular flexibility index (Phi) is 6.76. The van der Waals surface area contributed by atoms with Crippen LogP contribution in [-0.2, 0) is 15.7 Å². The maximum Gasteiger partial charge on any atom is 0.433 e. The van der Waals surface area contributed by atoms with Gasteiger partial charge in [0.25, 0.3) is 5.91 Å². The lowest BCUT2D eigenvalue weighted by Gasteiger charge is -2.28. The van der Waals surface area contributed by atoms with E-state index in [1.807, 2.05) is 12.1 Å².